The second-order valence-electron chi connectivity index (χ2n) is 12.9. The van der Waals surface area contributed by atoms with Crippen molar-refractivity contribution in [2.75, 3.05) is 59.3 Å². The lowest BCUT2D eigenvalue weighted by atomic mass is 9.89. The van der Waals surface area contributed by atoms with Crippen molar-refractivity contribution in [2.45, 2.75) is 38.0 Å². The Kier molecular flexibility index (Phi) is 10.7. The number of carbonyl (C=O) groups is 2. The van der Waals surface area contributed by atoms with E-state index in [1.807, 2.05) is 42.5 Å². The fraction of sp³-hybridized carbons (Fsp3) is 0.333. The molecule has 1 unspecified atom stereocenters. The number of anilines is 5. The summed E-state index contributed by atoms with van der Waals surface area (Å²) < 4.78 is 66.5. The van der Waals surface area contributed by atoms with Crippen molar-refractivity contribution in [1.29, 1.82) is 0 Å². The monoisotopic (exact) mass is 736 g/mol. The molecular weight excluding hydrogens is 698 g/mol. The van der Waals surface area contributed by atoms with Crippen LogP contribution in [0.3, 0.4) is 0 Å². The number of halogens is 3. The first-order valence-corrected chi connectivity index (χ1v) is 18.6. The van der Waals surface area contributed by atoms with Crippen molar-refractivity contribution in [1.82, 2.24) is 20.2 Å². The number of aromatic nitrogens is 2. The Morgan fingerprint density at radius 1 is 0.962 bits per heavy atom. The van der Waals surface area contributed by atoms with E-state index >= 15 is 0 Å². The fourth-order valence-corrected chi connectivity index (χ4v) is 6.75. The lowest BCUT2D eigenvalue weighted by molar-refractivity contribution is -0.137. The summed E-state index contributed by atoms with van der Waals surface area (Å²) in [6.07, 6.45) is -2.05. The average molecular weight is 737 g/mol. The van der Waals surface area contributed by atoms with E-state index in [4.69, 9.17) is 0 Å². The van der Waals surface area contributed by atoms with Crippen LogP contribution in [0.1, 0.15) is 41.0 Å². The SMILES string of the molecule is CN(c1cccc(CNc2nc(Nc3ccc(N4CCN(Cc5cccc(C6CCC(=O)NC6=O)c5)CC4)cc3)ncc2C(F)(F)F)c1)S(C)(=O)=O. The van der Waals surface area contributed by atoms with Crippen LogP contribution < -0.4 is 25.2 Å². The Hall–Kier alpha value is -5.22. The number of hydrogen-bond acceptors (Lipinski definition) is 10. The highest BCUT2D eigenvalue weighted by Crippen LogP contribution is 2.35. The number of piperazine rings is 1. The number of amides is 2. The first-order valence-electron chi connectivity index (χ1n) is 16.7. The van der Waals surface area contributed by atoms with Crippen LogP contribution >= 0.6 is 0 Å². The van der Waals surface area contributed by atoms with E-state index in [-0.39, 0.29) is 30.2 Å². The van der Waals surface area contributed by atoms with Crippen LogP contribution in [0.5, 0.6) is 0 Å². The predicted molar refractivity (Wildman–Crippen MR) is 193 cm³/mol. The van der Waals surface area contributed by atoms with Gasteiger partial charge in [-0.25, -0.2) is 13.4 Å². The lowest BCUT2D eigenvalue weighted by Gasteiger charge is -2.36. The maximum atomic E-state index is 13.9. The molecule has 3 N–H and O–H groups in total. The average Bonchev–Trinajstić information content (AvgIpc) is 3.10. The molecular formula is C36H39F3N8O4S. The van der Waals surface area contributed by atoms with Gasteiger partial charge in [-0.15, -0.1) is 0 Å². The van der Waals surface area contributed by atoms with E-state index < -0.39 is 27.6 Å². The summed E-state index contributed by atoms with van der Waals surface area (Å²) in [5.74, 6) is -1.22. The maximum absolute atomic E-state index is 13.9. The molecule has 1 aromatic heterocycles. The minimum absolute atomic E-state index is 0.0240. The number of hydrogen-bond donors (Lipinski definition) is 3. The van der Waals surface area contributed by atoms with Gasteiger partial charge in [0, 0.05) is 70.3 Å². The molecule has 16 heteroatoms. The summed E-state index contributed by atoms with van der Waals surface area (Å²) in [6, 6.07) is 22.0. The molecule has 0 aliphatic carbocycles. The largest absolute Gasteiger partial charge is 0.421 e. The van der Waals surface area contributed by atoms with Gasteiger partial charge in [-0.2, -0.15) is 18.2 Å². The zero-order valence-corrected chi connectivity index (χ0v) is 29.5. The summed E-state index contributed by atoms with van der Waals surface area (Å²) in [5, 5.41) is 8.16. The minimum atomic E-state index is -4.70. The van der Waals surface area contributed by atoms with E-state index in [0.29, 0.717) is 29.8 Å². The smallest absolute Gasteiger partial charge is 0.369 e. The minimum Gasteiger partial charge on any atom is -0.369 e. The number of carbonyl (C=O) groups excluding carboxylic acids is 2. The summed E-state index contributed by atoms with van der Waals surface area (Å²) in [7, 11) is -2.12. The van der Waals surface area contributed by atoms with Gasteiger partial charge in [0.05, 0.1) is 17.9 Å². The van der Waals surface area contributed by atoms with Gasteiger partial charge < -0.3 is 15.5 Å². The number of piperidine rings is 1. The van der Waals surface area contributed by atoms with E-state index in [0.717, 1.165) is 66.3 Å². The molecule has 52 heavy (non-hydrogen) atoms. The topological polar surface area (TPSA) is 140 Å². The molecule has 0 radical (unpaired) electrons. The van der Waals surface area contributed by atoms with Crippen molar-refractivity contribution in [2.24, 2.45) is 0 Å². The quantitative estimate of drug-likeness (QED) is 0.179. The molecule has 2 aliphatic heterocycles. The number of sulfonamides is 1. The number of nitrogens with one attached hydrogen (secondary N) is 3. The van der Waals surface area contributed by atoms with Gasteiger partial charge in [-0.05, 0) is 59.5 Å². The van der Waals surface area contributed by atoms with Gasteiger partial charge in [-0.3, -0.25) is 24.1 Å². The van der Waals surface area contributed by atoms with Gasteiger partial charge >= 0.3 is 6.18 Å². The molecule has 2 saturated heterocycles. The van der Waals surface area contributed by atoms with Crippen LogP contribution in [0.2, 0.25) is 0 Å². The zero-order chi connectivity index (χ0) is 37.0. The van der Waals surface area contributed by atoms with Crippen molar-refractivity contribution >= 4 is 50.7 Å². The van der Waals surface area contributed by atoms with E-state index in [2.05, 4.69) is 41.8 Å². The predicted octanol–water partition coefficient (Wildman–Crippen LogP) is 5.09. The second-order valence-corrected chi connectivity index (χ2v) is 14.9. The number of benzene rings is 3. The molecule has 12 nitrogen and oxygen atoms in total. The van der Waals surface area contributed by atoms with Gasteiger partial charge in [0.1, 0.15) is 11.4 Å². The third kappa shape index (κ3) is 8.98. The molecule has 2 amide bonds. The van der Waals surface area contributed by atoms with Crippen LogP contribution in [-0.2, 0) is 38.9 Å². The lowest BCUT2D eigenvalue weighted by Crippen LogP contribution is -2.46. The summed E-state index contributed by atoms with van der Waals surface area (Å²) in [6.45, 7) is 3.96. The zero-order valence-electron chi connectivity index (χ0n) is 28.7. The first-order chi connectivity index (χ1) is 24.7. The van der Waals surface area contributed by atoms with Crippen LogP contribution in [0.15, 0.2) is 79.0 Å². The molecule has 2 fully saturated rings. The van der Waals surface area contributed by atoms with E-state index in [9.17, 15) is 31.2 Å². The van der Waals surface area contributed by atoms with Crippen molar-refractivity contribution in [3.63, 3.8) is 0 Å². The summed E-state index contributed by atoms with van der Waals surface area (Å²) in [5.41, 5.74) is 3.55. The molecule has 3 aromatic carbocycles. The Bertz CT molecular complexity index is 2040. The maximum Gasteiger partial charge on any atom is 0.421 e. The molecule has 1 atom stereocenters. The molecule has 2 aliphatic rings. The van der Waals surface area contributed by atoms with Gasteiger partial charge in [0.2, 0.25) is 27.8 Å². The first kappa shape index (κ1) is 36.6. The summed E-state index contributed by atoms with van der Waals surface area (Å²) >= 11 is 0. The molecule has 6 rings (SSSR count). The van der Waals surface area contributed by atoms with Crippen molar-refractivity contribution in [3.8, 4) is 0 Å². The molecule has 0 spiro atoms. The number of alkyl halides is 3. The highest BCUT2D eigenvalue weighted by Gasteiger charge is 2.35. The van der Waals surface area contributed by atoms with Crippen LogP contribution in [0.25, 0.3) is 0 Å². The normalized spacial score (nSPS) is 17.1. The van der Waals surface area contributed by atoms with Gasteiger partial charge in [0.15, 0.2) is 0 Å². The number of imide groups is 1. The van der Waals surface area contributed by atoms with Crippen LogP contribution in [0, 0.1) is 0 Å². The fourth-order valence-electron chi connectivity index (χ4n) is 6.25. The van der Waals surface area contributed by atoms with Gasteiger partial charge in [-0.1, -0.05) is 36.4 Å². The van der Waals surface area contributed by atoms with Gasteiger partial charge in [0.25, 0.3) is 0 Å². The standard InChI is InChI=1S/C36H39F3N8O4S/c1-45(52(2,50)51)29-8-4-5-24(20-29)21-40-33-31(36(37,38)39)22-41-35(44-33)42-27-9-11-28(12-10-27)47-17-15-46(16-18-47)23-25-6-3-7-26(19-25)30-13-14-32(48)43-34(30)49/h3-12,19-20,22,30H,13-18,21,23H2,1-2H3,(H,43,48,49)(H2,40,41,42,44). The van der Waals surface area contributed by atoms with E-state index in [1.165, 1.54) is 7.05 Å². The Labute approximate surface area is 300 Å². The Morgan fingerprint density at radius 2 is 1.67 bits per heavy atom. The van der Waals surface area contributed by atoms with Crippen LogP contribution in [-0.4, -0.2) is 74.6 Å². The Balaban J connectivity index is 1.05. The second kappa shape index (κ2) is 15.2. The molecule has 3 heterocycles. The molecule has 0 bridgehead atoms. The highest BCUT2D eigenvalue weighted by molar-refractivity contribution is 7.92. The highest BCUT2D eigenvalue weighted by atomic mass is 32.2. The Morgan fingerprint density at radius 3 is 2.37 bits per heavy atom. The number of nitrogens with zero attached hydrogens (tertiary/aromatic N) is 5. The van der Waals surface area contributed by atoms with Crippen molar-refractivity contribution < 1.29 is 31.2 Å². The summed E-state index contributed by atoms with van der Waals surface area (Å²) in [4.78, 5) is 36.6. The van der Waals surface area contributed by atoms with Crippen LogP contribution in [0.4, 0.5) is 42.0 Å². The third-order valence-corrected chi connectivity index (χ3v) is 10.4. The van der Waals surface area contributed by atoms with E-state index in [1.54, 1.807) is 24.3 Å². The molecule has 274 valence electrons. The number of rotatable bonds is 11. The molecule has 4 aromatic rings. The third-order valence-electron chi connectivity index (χ3n) is 9.19. The van der Waals surface area contributed by atoms with Crippen molar-refractivity contribution in [3.05, 3.63) is 101 Å². The molecule has 0 saturated carbocycles.